The van der Waals surface area contributed by atoms with E-state index in [1.54, 1.807) is 7.11 Å². The van der Waals surface area contributed by atoms with E-state index in [-0.39, 0.29) is 0 Å². The van der Waals surface area contributed by atoms with Crippen molar-refractivity contribution < 1.29 is 9.15 Å². The summed E-state index contributed by atoms with van der Waals surface area (Å²) in [7, 11) is 1.65. The van der Waals surface area contributed by atoms with Gasteiger partial charge in [-0.15, -0.1) is 0 Å². The third-order valence-corrected chi connectivity index (χ3v) is 3.37. The molecule has 0 aliphatic carbocycles. The van der Waals surface area contributed by atoms with Gasteiger partial charge in [0, 0.05) is 11.9 Å². The Labute approximate surface area is 121 Å². The minimum absolute atomic E-state index is 0.624. The fraction of sp³-hybridized carbons (Fsp3) is 0.133. The van der Waals surface area contributed by atoms with Crippen LogP contribution in [0.3, 0.4) is 0 Å². The molecule has 0 atom stereocenters. The molecule has 0 saturated heterocycles. The molecule has 0 aliphatic rings. The van der Waals surface area contributed by atoms with Gasteiger partial charge in [-0.25, -0.2) is 0 Å². The summed E-state index contributed by atoms with van der Waals surface area (Å²) in [5.74, 6) is 2.47. The van der Waals surface area contributed by atoms with Crippen molar-refractivity contribution in [2.45, 2.75) is 6.92 Å². The van der Waals surface area contributed by atoms with Gasteiger partial charge in [-0.05, 0) is 55.5 Å². The maximum Gasteiger partial charge on any atom is 0.182 e. The van der Waals surface area contributed by atoms with Crippen molar-refractivity contribution in [3.63, 3.8) is 0 Å². The van der Waals surface area contributed by atoms with Gasteiger partial charge < -0.3 is 14.1 Å². The predicted molar refractivity (Wildman–Crippen MR) is 79.9 cm³/mol. The number of aromatic amines is 1. The molecule has 0 aliphatic heterocycles. The second-order valence-electron chi connectivity index (χ2n) is 4.45. The fourth-order valence-corrected chi connectivity index (χ4v) is 2.30. The predicted octanol–water partition coefficient (Wildman–Crippen LogP) is 4.11. The first-order valence-electron chi connectivity index (χ1n) is 6.20. The van der Waals surface area contributed by atoms with Crippen LogP contribution in [0.4, 0.5) is 0 Å². The van der Waals surface area contributed by atoms with Crippen molar-refractivity contribution in [1.82, 2.24) is 9.55 Å². The Morgan fingerprint density at radius 1 is 1.15 bits per heavy atom. The van der Waals surface area contributed by atoms with Gasteiger partial charge in [-0.2, -0.15) is 0 Å². The highest BCUT2D eigenvalue weighted by Crippen LogP contribution is 2.23. The third kappa shape index (κ3) is 2.28. The average molecular weight is 286 g/mol. The first-order valence-corrected chi connectivity index (χ1v) is 6.61. The highest BCUT2D eigenvalue weighted by atomic mass is 32.1. The monoisotopic (exact) mass is 286 g/mol. The minimum Gasteiger partial charge on any atom is -0.497 e. The molecule has 0 amide bonds. The van der Waals surface area contributed by atoms with Crippen LogP contribution in [-0.2, 0) is 0 Å². The van der Waals surface area contributed by atoms with E-state index in [9.17, 15) is 0 Å². The summed E-state index contributed by atoms with van der Waals surface area (Å²) in [4.78, 5) is 3.15. The summed E-state index contributed by atoms with van der Waals surface area (Å²) < 4.78 is 13.3. The number of aryl methyl sites for hydroxylation is 1. The highest BCUT2D eigenvalue weighted by molar-refractivity contribution is 7.71. The number of ether oxygens (including phenoxy) is 1. The molecule has 3 aromatic rings. The zero-order valence-electron chi connectivity index (χ0n) is 11.2. The quantitative estimate of drug-likeness (QED) is 0.737. The molecule has 0 unspecified atom stereocenters. The Balaban J connectivity index is 2.02. The van der Waals surface area contributed by atoms with Gasteiger partial charge in [0.15, 0.2) is 10.5 Å². The second kappa shape index (κ2) is 5.02. The topological polar surface area (TPSA) is 43.1 Å². The molecule has 0 saturated carbocycles. The van der Waals surface area contributed by atoms with E-state index in [1.165, 1.54) is 0 Å². The summed E-state index contributed by atoms with van der Waals surface area (Å²) in [6, 6.07) is 11.6. The molecule has 2 aromatic heterocycles. The van der Waals surface area contributed by atoms with E-state index in [0.717, 1.165) is 28.7 Å². The van der Waals surface area contributed by atoms with Crippen LogP contribution >= 0.6 is 12.2 Å². The van der Waals surface area contributed by atoms with E-state index >= 15 is 0 Å². The summed E-state index contributed by atoms with van der Waals surface area (Å²) in [6.45, 7) is 1.92. The maximum absolute atomic E-state index is 5.60. The highest BCUT2D eigenvalue weighted by Gasteiger charge is 2.08. The lowest BCUT2D eigenvalue weighted by Crippen LogP contribution is -1.92. The molecule has 1 aromatic carbocycles. The molecule has 4 nitrogen and oxygen atoms in total. The van der Waals surface area contributed by atoms with Crippen LogP contribution in [0.2, 0.25) is 0 Å². The lowest BCUT2D eigenvalue weighted by molar-refractivity contribution is 0.414. The Morgan fingerprint density at radius 2 is 1.90 bits per heavy atom. The number of rotatable bonds is 3. The van der Waals surface area contributed by atoms with E-state index in [1.807, 2.05) is 54.1 Å². The number of H-pyrrole nitrogens is 1. The smallest absolute Gasteiger partial charge is 0.182 e. The molecule has 0 radical (unpaired) electrons. The number of nitrogens with one attached hydrogen (secondary N) is 1. The zero-order valence-corrected chi connectivity index (χ0v) is 12.0. The number of benzene rings is 1. The van der Waals surface area contributed by atoms with Crippen LogP contribution in [0.25, 0.3) is 17.1 Å². The summed E-state index contributed by atoms with van der Waals surface area (Å²) in [5, 5.41) is 0. The number of hydrogen-bond acceptors (Lipinski definition) is 3. The molecule has 3 rings (SSSR count). The van der Waals surface area contributed by atoms with Crippen molar-refractivity contribution >= 4 is 12.2 Å². The standard InChI is InChI=1S/C15H14N2O2S/c1-10-3-8-14(19-10)13-9-17(15(20)16-13)11-4-6-12(18-2)7-5-11/h3-9H,1-2H3,(H,16,20). The number of methoxy groups -OCH3 is 1. The van der Waals surface area contributed by atoms with Gasteiger partial charge in [0.25, 0.3) is 0 Å². The van der Waals surface area contributed by atoms with E-state index < -0.39 is 0 Å². The fourth-order valence-electron chi connectivity index (χ4n) is 2.03. The van der Waals surface area contributed by atoms with Crippen LogP contribution in [0.15, 0.2) is 47.0 Å². The second-order valence-corrected chi connectivity index (χ2v) is 4.84. The van der Waals surface area contributed by atoms with Crippen molar-refractivity contribution in [2.24, 2.45) is 0 Å². The molecule has 20 heavy (non-hydrogen) atoms. The van der Waals surface area contributed by atoms with Gasteiger partial charge in [-0.1, -0.05) is 0 Å². The Bertz CT molecular complexity index is 781. The SMILES string of the molecule is COc1ccc(-n2cc(-c3ccc(C)o3)[nH]c2=S)cc1. The van der Waals surface area contributed by atoms with Gasteiger partial charge in [0.05, 0.1) is 7.11 Å². The first kappa shape index (κ1) is 12.7. The lowest BCUT2D eigenvalue weighted by atomic mass is 10.3. The molecule has 0 fully saturated rings. The zero-order chi connectivity index (χ0) is 14.1. The Morgan fingerprint density at radius 3 is 2.50 bits per heavy atom. The van der Waals surface area contributed by atoms with Crippen molar-refractivity contribution in [1.29, 1.82) is 0 Å². The Kier molecular flexibility index (Phi) is 3.20. The molecular formula is C15H14N2O2S. The van der Waals surface area contributed by atoms with Crippen molar-refractivity contribution in [3.8, 4) is 22.9 Å². The maximum atomic E-state index is 5.60. The van der Waals surface area contributed by atoms with Crippen LogP contribution in [0.1, 0.15) is 5.76 Å². The number of furan rings is 1. The molecule has 0 spiro atoms. The first-order chi connectivity index (χ1) is 9.67. The van der Waals surface area contributed by atoms with Gasteiger partial charge >= 0.3 is 0 Å². The molecule has 5 heteroatoms. The molecule has 0 bridgehead atoms. The van der Waals surface area contributed by atoms with Crippen molar-refractivity contribution in [3.05, 3.63) is 53.1 Å². The number of hydrogen-bond donors (Lipinski definition) is 1. The summed E-state index contributed by atoms with van der Waals surface area (Å²) in [5.41, 5.74) is 1.83. The molecular weight excluding hydrogens is 272 g/mol. The number of aromatic nitrogens is 2. The Hall–Kier alpha value is -2.27. The van der Waals surface area contributed by atoms with E-state index in [2.05, 4.69) is 4.98 Å². The summed E-state index contributed by atoms with van der Waals surface area (Å²) >= 11 is 5.36. The van der Waals surface area contributed by atoms with Crippen LogP contribution in [0.5, 0.6) is 5.75 Å². The van der Waals surface area contributed by atoms with Crippen molar-refractivity contribution in [2.75, 3.05) is 7.11 Å². The lowest BCUT2D eigenvalue weighted by Gasteiger charge is -2.03. The molecule has 102 valence electrons. The molecule has 1 N–H and O–H groups in total. The van der Waals surface area contributed by atoms with E-state index in [4.69, 9.17) is 21.4 Å². The minimum atomic E-state index is 0.624. The van der Waals surface area contributed by atoms with Gasteiger partial charge in [0.2, 0.25) is 0 Å². The average Bonchev–Trinajstić information content (AvgIpc) is 3.05. The normalized spacial score (nSPS) is 10.7. The summed E-state index contributed by atoms with van der Waals surface area (Å²) in [6.07, 6.45) is 1.93. The van der Waals surface area contributed by atoms with Gasteiger partial charge in [0.1, 0.15) is 17.2 Å². The largest absolute Gasteiger partial charge is 0.497 e. The third-order valence-electron chi connectivity index (χ3n) is 3.08. The number of imidazole rings is 1. The van der Waals surface area contributed by atoms with E-state index in [0.29, 0.717) is 4.77 Å². The van der Waals surface area contributed by atoms with Gasteiger partial charge in [-0.3, -0.25) is 4.57 Å². The molecule has 2 heterocycles. The van der Waals surface area contributed by atoms with Crippen LogP contribution in [0, 0.1) is 11.7 Å². The van der Waals surface area contributed by atoms with Crippen LogP contribution < -0.4 is 4.74 Å². The number of nitrogens with zero attached hydrogens (tertiary/aromatic N) is 1. The van der Waals surface area contributed by atoms with Crippen LogP contribution in [-0.4, -0.2) is 16.7 Å².